The second kappa shape index (κ2) is 6.17. The Morgan fingerprint density at radius 1 is 1.37 bits per heavy atom. The third-order valence-corrected chi connectivity index (χ3v) is 3.58. The van der Waals surface area contributed by atoms with Crippen molar-refractivity contribution in [2.24, 2.45) is 0 Å². The fraction of sp³-hybridized carbons (Fsp3) is 0.143. The van der Waals surface area contributed by atoms with Crippen molar-refractivity contribution in [3.63, 3.8) is 0 Å². The molecule has 1 heterocycles. The van der Waals surface area contributed by atoms with Crippen molar-refractivity contribution in [2.75, 3.05) is 7.11 Å². The van der Waals surface area contributed by atoms with Crippen LogP contribution in [0.5, 0.6) is 5.88 Å². The summed E-state index contributed by atoms with van der Waals surface area (Å²) in [5, 5.41) is 0.544. The Bertz CT molecular complexity index is 586. The molecule has 98 valence electrons. The maximum atomic E-state index is 11.4. The van der Waals surface area contributed by atoms with Gasteiger partial charge in [0.25, 0.3) is 0 Å². The number of aldehydes is 1. The molecule has 0 amide bonds. The molecule has 19 heavy (non-hydrogen) atoms. The fourth-order valence-corrected chi connectivity index (χ4v) is 2.57. The summed E-state index contributed by atoms with van der Waals surface area (Å²) in [6.07, 6.45) is 2.48. The maximum absolute atomic E-state index is 11.4. The molecular weight excluding hydrogens is 330 g/mol. The van der Waals surface area contributed by atoms with Crippen LogP contribution in [-0.2, 0) is 4.79 Å². The number of carbonyl (C=O) groups excluding carboxylic acids is 1. The van der Waals surface area contributed by atoms with Crippen LogP contribution in [0.4, 0.5) is 0 Å². The molecule has 2 rings (SSSR count). The smallest absolute Gasteiger partial charge is 0.212 e. The highest BCUT2D eigenvalue weighted by molar-refractivity contribution is 9.10. The molecule has 0 saturated heterocycles. The quantitative estimate of drug-likeness (QED) is 0.794. The number of methoxy groups -OCH3 is 1. The second-order valence-electron chi connectivity index (χ2n) is 3.91. The van der Waals surface area contributed by atoms with Gasteiger partial charge in [-0.05, 0) is 23.3 Å². The van der Waals surface area contributed by atoms with Gasteiger partial charge in [0.15, 0.2) is 0 Å². The molecule has 1 atom stereocenters. The Hall–Kier alpha value is -1.39. The average molecular weight is 341 g/mol. The van der Waals surface area contributed by atoms with Crippen LogP contribution in [0, 0.1) is 0 Å². The first-order valence-electron chi connectivity index (χ1n) is 5.56. The van der Waals surface area contributed by atoms with Gasteiger partial charge < -0.3 is 9.53 Å². The highest BCUT2D eigenvalue weighted by Crippen LogP contribution is 2.31. The van der Waals surface area contributed by atoms with Gasteiger partial charge in [-0.3, -0.25) is 0 Å². The number of ether oxygens (including phenoxy) is 1. The van der Waals surface area contributed by atoms with Crippen molar-refractivity contribution in [2.45, 2.75) is 5.92 Å². The van der Waals surface area contributed by atoms with E-state index in [1.807, 2.05) is 18.2 Å². The van der Waals surface area contributed by atoms with Crippen molar-refractivity contribution in [3.8, 4) is 5.88 Å². The minimum atomic E-state index is -0.431. The number of benzene rings is 1. The molecule has 3 nitrogen and oxygen atoms in total. The molecular formula is C14H11BrClNO2. The number of pyridine rings is 1. The van der Waals surface area contributed by atoms with Crippen molar-refractivity contribution in [3.05, 3.63) is 57.2 Å². The van der Waals surface area contributed by atoms with E-state index in [2.05, 4.69) is 20.9 Å². The highest BCUT2D eigenvalue weighted by Gasteiger charge is 2.17. The van der Waals surface area contributed by atoms with Gasteiger partial charge in [-0.2, -0.15) is 0 Å². The first-order valence-corrected chi connectivity index (χ1v) is 6.73. The number of halogens is 2. The average Bonchev–Trinajstić information content (AvgIpc) is 2.42. The molecule has 0 aliphatic heterocycles. The van der Waals surface area contributed by atoms with Crippen molar-refractivity contribution < 1.29 is 9.53 Å². The lowest BCUT2D eigenvalue weighted by Gasteiger charge is -2.13. The Kier molecular flexibility index (Phi) is 4.56. The summed E-state index contributed by atoms with van der Waals surface area (Å²) in [6.45, 7) is 0. The fourth-order valence-electron chi connectivity index (χ4n) is 1.78. The molecule has 0 spiro atoms. The SMILES string of the molecule is COc1ccc(C(C=O)c2ccc(Br)cc2Cl)cn1. The van der Waals surface area contributed by atoms with Crippen molar-refractivity contribution in [1.29, 1.82) is 0 Å². The molecule has 0 N–H and O–H groups in total. The molecule has 2 aromatic rings. The highest BCUT2D eigenvalue weighted by atomic mass is 79.9. The minimum Gasteiger partial charge on any atom is -0.481 e. The van der Waals surface area contributed by atoms with Crippen molar-refractivity contribution in [1.82, 2.24) is 4.98 Å². The predicted octanol–water partition coefficient (Wildman–Crippen LogP) is 3.84. The molecule has 0 aliphatic rings. The van der Waals surface area contributed by atoms with Crippen LogP contribution in [0.15, 0.2) is 41.0 Å². The summed E-state index contributed by atoms with van der Waals surface area (Å²) in [4.78, 5) is 15.5. The first kappa shape index (κ1) is 14.0. The van der Waals surface area contributed by atoms with Crippen LogP contribution < -0.4 is 4.74 Å². The zero-order valence-electron chi connectivity index (χ0n) is 10.1. The van der Waals surface area contributed by atoms with Gasteiger partial charge in [0.05, 0.1) is 13.0 Å². The molecule has 1 unspecified atom stereocenters. The zero-order valence-corrected chi connectivity index (χ0v) is 12.5. The van der Waals surface area contributed by atoms with Crippen LogP contribution in [0.25, 0.3) is 0 Å². The lowest BCUT2D eigenvalue weighted by molar-refractivity contribution is -0.108. The summed E-state index contributed by atoms with van der Waals surface area (Å²) < 4.78 is 5.87. The van der Waals surface area contributed by atoms with Gasteiger partial charge in [0.1, 0.15) is 6.29 Å². The summed E-state index contributed by atoms with van der Waals surface area (Å²) in [6, 6.07) is 8.98. The largest absolute Gasteiger partial charge is 0.481 e. The van der Waals surface area contributed by atoms with Crippen LogP contribution >= 0.6 is 27.5 Å². The van der Waals surface area contributed by atoms with E-state index in [9.17, 15) is 4.79 Å². The van der Waals surface area contributed by atoms with Crippen molar-refractivity contribution >= 4 is 33.8 Å². The molecule has 5 heteroatoms. The molecule has 0 aliphatic carbocycles. The summed E-state index contributed by atoms with van der Waals surface area (Å²) >= 11 is 9.52. The Morgan fingerprint density at radius 2 is 2.16 bits per heavy atom. The van der Waals surface area contributed by atoms with E-state index in [-0.39, 0.29) is 0 Å². The van der Waals surface area contributed by atoms with E-state index in [0.29, 0.717) is 10.9 Å². The van der Waals surface area contributed by atoms with Crippen LogP contribution in [0.2, 0.25) is 5.02 Å². The van der Waals surface area contributed by atoms with Gasteiger partial charge in [-0.25, -0.2) is 4.98 Å². The maximum Gasteiger partial charge on any atom is 0.212 e. The molecule has 0 bridgehead atoms. The normalized spacial score (nSPS) is 11.9. The van der Waals surface area contributed by atoms with E-state index in [1.54, 1.807) is 25.4 Å². The number of rotatable bonds is 4. The number of hydrogen-bond donors (Lipinski definition) is 0. The van der Waals surface area contributed by atoms with E-state index in [0.717, 1.165) is 21.9 Å². The molecule has 1 aromatic carbocycles. The number of carbonyl (C=O) groups is 1. The predicted molar refractivity (Wildman–Crippen MR) is 77.8 cm³/mol. The summed E-state index contributed by atoms with van der Waals surface area (Å²) in [5.74, 6) is 0.0781. The Labute approximate surface area is 124 Å². The minimum absolute atomic E-state index is 0.431. The Balaban J connectivity index is 2.40. The van der Waals surface area contributed by atoms with E-state index >= 15 is 0 Å². The monoisotopic (exact) mass is 339 g/mol. The number of hydrogen-bond acceptors (Lipinski definition) is 3. The first-order chi connectivity index (χ1) is 9.15. The summed E-state index contributed by atoms with van der Waals surface area (Å²) in [7, 11) is 1.55. The lowest BCUT2D eigenvalue weighted by atomic mass is 9.94. The van der Waals surface area contributed by atoms with Gasteiger partial charge in [0, 0.05) is 21.8 Å². The molecule has 0 saturated carbocycles. The number of aromatic nitrogens is 1. The zero-order chi connectivity index (χ0) is 13.8. The topological polar surface area (TPSA) is 39.2 Å². The third kappa shape index (κ3) is 3.14. The third-order valence-electron chi connectivity index (χ3n) is 2.76. The van der Waals surface area contributed by atoms with Crippen LogP contribution in [0.3, 0.4) is 0 Å². The second-order valence-corrected chi connectivity index (χ2v) is 5.24. The van der Waals surface area contributed by atoms with Gasteiger partial charge in [0.2, 0.25) is 5.88 Å². The van der Waals surface area contributed by atoms with Crippen LogP contribution in [0.1, 0.15) is 17.0 Å². The molecule has 1 aromatic heterocycles. The standard InChI is InChI=1S/C14H11BrClNO2/c1-19-14-5-2-9(7-17-14)12(8-18)11-4-3-10(15)6-13(11)16/h2-8,12H,1H3. The Morgan fingerprint density at radius 3 is 2.68 bits per heavy atom. The van der Waals surface area contributed by atoms with E-state index in [1.165, 1.54) is 0 Å². The number of nitrogens with zero attached hydrogens (tertiary/aromatic N) is 1. The van der Waals surface area contributed by atoms with E-state index in [4.69, 9.17) is 16.3 Å². The molecule has 0 radical (unpaired) electrons. The van der Waals surface area contributed by atoms with Gasteiger partial charge in [-0.1, -0.05) is 39.7 Å². The lowest BCUT2D eigenvalue weighted by Crippen LogP contribution is -2.04. The van der Waals surface area contributed by atoms with Gasteiger partial charge >= 0.3 is 0 Å². The van der Waals surface area contributed by atoms with Gasteiger partial charge in [-0.15, -0.1) is 0 Å². The van der Waals surface area contributed by atoms with Crippen LogP contribution in [-0.4, -0.2) is 18.4 Å². The molecule has 0 fully saturated rings. The van der Waals surface area contributed by atoms with E-state index < -0.39 is 5.92 Å². The summed E-state index contributed by atoms with van der Waals surface area (Å²) in [5.41, 5.74) is 1.53.